The Labute approximate surface area is 131 Å². The number of aromatic amines is 1. The number of pyridine rings is 1. The van der Waals surface area contributed by atoms with Crippen LogP contribution in [-0.2, 0) is 6.18 Å². The zero-order valence-corrected chi connectivity index (χ0v) is 13.3. The predicted octanol–water partition coefficient (Wildman–Crippen LogP) is 4.63. The van der Waals surface area contributed by atoms with Crippen molar-refractivity contribution in [3.63, 3.8) is 0 Å². The zero-order valence-electron chi connectivity index (χ0n) is 13.3. The van der Waals surface area contributed by atoms with Crippen molar-refractivity contribution in [1.29, 1.82) is 0 Å². The third-order valence-electron chi connectivity index (χ3n) is 4.48. The van der Waals surface area contributed by atoms with Gasteiger partial charge in [0, 0.05) is 22.7 Å². The highest BCUT2D eigenvalue weighted by molar-refractivity contribution is 5.88. The van der Waals surface area contributed by atoms with Gasteiger partial charge in [0.05, 0.1) is 11.1 Å². The van der Waals surface area contributed by atoms with E-state index in [2.05, 4.69) is 24.1 Å². The third-order valence-corrected chi connectivity index (χ3v) is 4.48. The summed E-state index contributed by atoms with van der Waals surface area (Å²) >= 11 is 0. The number of hydrogen-bond donors (Lipinski definition) is 2. The first-order chi connectivity index (χ1) is 10.6. The maximum atomic E-state index is 13.3. The molecule has 0 saturated heterocycles. The van der Waals surface area contributed by atoms with Crippen LogP contribution in [-0.4, -0.2) is 10.5 Å². The summed E-state index contributed by atoms with van der Waals surface area (Å²) in [5.41, 5.74) is 0.144. The molecule has 124 valence electrons. The first-order valence-corrected chi connectivity index (χ1v) is 7.67. The second kappa shape index (κ2) is 5.01. The fourth-order valence-corrected chi connectivity index (χ4v) is 3.51. The van der Waals surface area contributed by atoms with Gasteiger partial charge in [-0.25, -0.2) is 0 Å². The van der Waals surface area contributed by atoms with Crippen LogP contribution < -0.4 is 10.9 Å². The Morgan fingerprint density at radius 2 is 1.96 bits per heavy atom. The lowest BCUT2D eigenvalue weighted by Crippen LogP contribution is -2.37. The average molecular weight is 324 g/mol. The van der Waals surface area contributed by atoms with Gasteiger partial charge in [0.25, 0.3) is 0 Å². The van der Waals surface area contributed by atoms with E-state index in [0.29, 0.717) is 6.07 Å². The van der Waals surface area contributed by atoms with Gasteiger partial charge in [0.1, 0.15) is 0 Å². The van der Waals surface area contributed by atoms with E-state index in [1.807, 2.05) is 6.92 Å². The molecule has 1 aromatic heterocycles. The smallest absolute Gasteiger partial charge is 0.380 e. The van der Waals surface area contributed by atoms with Crippen LogP contribution in [0.3, 0.4) is 0 Å². The number of hydrogen-bond acceptors (Lipinski definition) is 2. The van der Waals surface area contributed by atoms with Gasteiger partial charge < -0.3 is 10.3 Å². The standard InChI is InChI=1S/C17H19F3N2O/c1-4-9-8-16(2,3)22-14-7-13-11(5-10(9)14)12(17(18,19)20)6-15(23)21-13/h5-7,9,22H,4,8H2,1-3H3,(H,21,23). The molecule has 6 heteroatoms. The molecule has 2 aromatic rings. The lowest BCUT2D eigenvalue weighted by molar-refractivity contribution is -0.136. The van der Waals surface area contributed by atoms with Crippen molar-refractivity contribution in [2.75, 3.05) is 5.32 Å². The highest BCUT2D eigenvalue weighted by Crippen LogP contribution is 2.43. The van der Waals surface area contributed by atoms with E-state index < -0.39 is 17.3 Å². The molecule has 1 atom stereocenters. The lowest BCUT2D eigenvalue weighted by atomic mass is 9.79. The predicted molar refractivity (Wildman–Crippen MR) is 84.9 cm³/mol. The number of aromatic nitrogens is 1. The Bertz CT molecular complexity index is 821. The first kappa shape index (κ1) is 15.9. The number of rotatable bonds is 1. The Balaban J connectivity index is 2.31. The monoisotopic (exact) mass is 324 g/mol. The van der Waals surface area contributed by atoms with Crippen molar-refractivity contribution in [3.05, 3.63) is 39.7 Å². The fraction of sp³-hybridized carbons (Fsp3) is 0.471. The van der Waals surface area contributed by atoms with E-state index in [-0.39, 0.29) is 22.4 Å². The number of halogens is 3. The molecule has 23 heavy (non-hydrogen) atoms. The zero-order chi connectivity index (χ0) is 17.0. The molecule has 2 N–H and O–H groups in total. The molecule has 0 amide bonds. The minimum absolute atomic E-state index is 0.0517. The SMILES string of the molecule is CCC1CC(C)(C)Nc2cc3[nH]c(=O)cc(C(F)(F)F)c3cc21. The summed E-state index contributed by atoms with van der Waals surface area (Å²) in [5, 5.41) is 3.42. The van der Waals surface area contributed by atoms with Crippen LogP contribution in [0.15, 0.2) is 23.0 Å². The van der Waals surface area contributed by atoms with Gasteiger partial charge in [-0.2, -0.15) is 13.2 Å². The van der Waals surface area contributed by atoms with Crippen LogP contribution in [0.4, 0.5) is 18.9 Å². The Kier molecular flexibility index (Phi) is 3.46. The van der Waals surface area contributed by atoms with Crippen molar-refractivity contribution in [2.45, 2.75) is 51.2 Å². The number of anilines is 1. The number of benzene rings is 1. The van der Waals surface area contributed by atoms with Gasteiger partial charge >= 0.3 is 6.18 Å². The van der Waals surface area contributed by atoms with Crippen LogP contribution in [0.1, 0.15) is 50.7 Å². The van der Waals surface area contributed by atoms with Crippen LogP contribution >= 0.6 is 0 Å². The Morgan fingerprint density at radius 3 is 2.57 bits per heavy atom. The topological polar surface area (TPSA) is 44.9 Å². The van der Waals surface area contributed by atoms with Gasteiger partial charge in [-0.1, -0.05) is 6.92 Å². The van der Waals surface area contributed by atoms with Crippen LogP contribution in [0.5, 0.6) is 0 Å². The molecule has 0 radical (unpaired) electrons. The molecule has 0 saturated carbocycles. The van der Waals surface area contributed by atoms with E-state index in [1.165, 1.54) is 0 Å². The largest absolute Gasteiger partial charge is 0.417 e. The molecule has 0 spiro atoms. The summed E-state index contributed by atoms with van der Waals surface area (Å²) in [6.45, 7) is 6.17. The molecule has 1 aliphatic rings. The van der Waals surface area contributed by atoms with Crippen LogP contribution in [0, 0.1) is 0 Å². The van der Waals surface area contributed by atoms with Gasteiger partial charge in [-0.3, -0.25) is 4.79 Å². The van der Waals surface area contributed by atoms with Crippen molar-refractivity contribution in [1.82, 2.24) is 4.98 Å². The molecule has 1 unspecified atom stereocenters. The van der Waals surface area contributed by atoms with Crippen molar-refractivity contribution < 1.29 is 13.2 Å². The molecular formula is C17H19F3N2O. The average Bonchev–Trinajstić information content (AvgIpc) is 2.41. The van der Waals surface area contributed by atoms with Crippen LogP contribution in [0.25, 0.3) is 10.9 Å². The maximum Gasteiger partial charge on any atom is 0.417 e. The summed E-state index contributed by atoms with van der Waals surface area (Å²) < 4.78 is 39.8. The number of H-pyrrole nitrogens is 1. The molecular weight excluding hydrogens is 305 g/mol. The van der Waals surface area contributed by atoms with Crippen molar-refractivity contribution >= 4 is 16.6 Å². The highest BCUT2D eigenvalue weighted by atomic mass is 19.4. The summed E-state index contributed by atoms with van der Waals surface area (Å²) in [6, 6.07) is 3.85. The normalized spacial score (nSPS) is 20.2. The molecule has 0 aliphatic carbocycles. The second-order valence-corrected chi connectivity index (χ2v) is 6.85. The van der Waals surface area contributed by atoms with E-state index in [9.17, 15) is 18.0 Å². The number of fused-ring (bicyclic) bond motifs is 2. The van der Waals surface area contributed by atoms with Gasteiger partial charge in [0.2, 0.25) is 5.56 Å². The maximum absolute atomic E-state index is 13.3. The number of alkyl halides is 3. The van der Waals surface area contributed by atoms with Gasteiger partial charge in [0.15, 0.2) is 0 Å². The molecule has 2 heterocycles. The molecule has 0 fully saturated rings. The summed E-state index contributed by atoms with van der Waals surface area (Å²) in [6.07, 6.45) is -2.84. The molecule has 3 rings (SSSR count). The van der Waals surface area contributed by atoms with E-state index in [0.717, 1.165) is 24.1 Å². The Hall–Kier alpha value is -1.98. The highest BCUT2D eigenvalue weighted by Gasteiger charge is 2.35. The molecule has 3 nitrogen and oxygen atoms in total. The van der Waals surface area contributed by atoms with E-state index in [1.54, 1.807) is 12.1 Å². The van der Waals surface area contributed by atoms with Crippen molar-refractivity contribution in [2.24, 2.45) is 0 Å². The van der Waals surface area contributed by atoms with Crippen molar-refractivity contribution in [3.8, 4) is 0 Å². The quantitative estimate of drug-likeness (QED) is 0.803. The molecule has 0 bridgehead atoms. The minimum atomic E-state index is -4.55. The molecule has 1 aliphatic heterocycles. The van der Waals surface area contributed by atoms with Gasteiger partial charge in [-0.15, -0.1) is 0 Å². The summed E-state index contributed by atoms with van der Waals surface area (Å²) in [5.74, 6) is 0.193. The Morgan fingerprint density at radius 1 is 1.26 bits per heavy atom. The summed E-state index contributed by atoms with van der Waals surface area (Å²) in [7, 11) is 0. The van der Waals surface area contributed by atoms with Gasteiger partial charge in [-0.05, 0) is 50.3 Å². The fourth-order valence-electron chi connectivity index (χ4n) is 3.51. The second-order valence-electron chi connectivity index (χ2n) is 6.85. The lowest BCUT2D eigenvalue weighted by Gasteiger charge is -2.39. The summed E-state index contributed by atoms with van der Waals surface area (Å²) in [4.78, 5) is 14.1. The first-order valence-electron chi connectivity index (χ1n) is 7.67. The molecule has 1 aromatic carbocycles. The number of nitrogens with one attached hydrogen (secondary N) is 2. The van der Waals surface area contributed by atoms with E-state index in [4.69, 9.17) is 0 Å². The van der Waals surface area contributed by atoms with E-state index >= 15 is 0 Å². The minimum Gasteiger partial charge on any atom is -0.380 e. The van der Waals surface area contributed by atoms with Crippen LogP contribution in [0.2, 0.25) is 0 Å². The third kappa shape index (κ3) is 2.82.